The fraction of sp³-hybridized carbons (Fsp3) is 1.00. The van der Waals surface area contributed by atoms with Crippen LogP contribution in [0.3, 0.4) is 0 Å². The topological polar surface area (TPSA) is 182 Å². The molecule has 0 bridgehead atoms. The maximum absolute atomic E-state index is 14.2. The average molecular weight is 1020 g/mol. The van der Waals surface area contributed by atoms with E-state index in [1.807, 2.05) is 0 Å². The third kappa shape index (κ3) is 45.0. The van der Waals surface area contributed by atoms with E-state index in [-0.39, 0.29) is 55.7 Å². The van der Waals surface area contributed by atoms with Crippen LogP contribution in [0.1, 0.15) is 181 Å². The third-order valence-corrected chi connectivity index (χ3v) is 14.7. The molecule has 0 fully saturated rings. The summed E-state index contributed by atoms with van der Waals surface area (Å²) in [5.74, 6) is 0. The minimum Gasteiger partial charge on any atom is -0.330 e. The molecule has 3 unspecified atom stereocenters. The third-order valence-electron chi connectivity index (χ3n) is 10.9. The van der Waals surface area contributed by atoms with Crippen LogP contribution in [-0.2, 0) is 27.2 Å². The Morgan fingerprint density at radius 2 is 0.710 bits per heavy atom. The van der Waals surface area contributed by atoms with Gasteiger partial charge in [-0.1, -0.05) is 124 Å². The lowest BCUT2D eigenvalue weighted by Crippen LogP contribution is -2.32. The summed E-state index contributed by atoms with van der Waals surface area (Å²) in [6.07, 6.45) is 27.5. The van der Waals surface area contributed by atoms with Gasteiger partial charge in [-0.25, -0.2) is 0 Å². The van der Waals surface area contributed by atoms with Gasteiger partial charge in [-0.2, -0.15) is 0 Å². The van der Waals surface area contributed by atoms with Crippen LogP contribution in [0, 0.1) is 0 Å². The number of unbranched alkanes of at least 4 members (excludes halogenated alkanes) is 16. The predicted octanol–water partition coefficient (Wildman–Crippen LogP) is 11.7. The van der Waals surface area contributed by atoms with Crippen LogP contribution < -0.4 is 22.9 Å². The van der Waals surface area contributed by atoms with Gasteiger partial charge in [0.1, 0.15) is 0 Å². The van der Waals surface area contributed by atoms with E-state index in [0.717, 1.165) is 135 Å². The summed E-state index contributed by atoms with van der Waals surface area (Å²) >= 11 is 0. The Kier molecular flexibility index (Phi) is 61.9. The highest BCUT2D eigenvalue weighted by Crippen LogP contribution is 2.51. The van der Waals surface area contributed by atoms with Gasteiger partial charge in [0.05, 0.1) is 38.2 Å². The van der Waals surface area contributed by atoms with E-state index in [1.165, 1.54) is 51.4 Å². The van der Waals surface area contributed by atoms with Crippen molar-refractivity contribution in [2.75, 3.05) is 97.6 Å². The van der Waals surface area contributed by atoms with Crippen molar-refractivity contribution in [2.45, 2.75) is 187 Å². The number of hydrogen-bond donors (Lipinski definition) is 4. The fourth-order valence-electron chi connectivity index (χ4n) is 7.06. The maximum Gasteiger partial charge on any atom is 0.332 e. The molecule has 0 aromatic rings. The van der Waals surface area contributed by atoms with Crippen molar-refractivity contribution in [3.63, 3.8) is 0 Å². The molecule has 0 aliphatic rings. The number of nitrogens with zero attached hydrogens (tertiary/aromatic N) is 2. The molecule has 0 rings (SSSR count). The van der Waals surface area contributed by atoms with Crippen molar-refractivity contribution >= 4 is 64.8 Å². The molecule has 0 amide bonds. The standard InChI is InChI=1S/C44H98N6O6P2.4ClH/c1-4-7-9-11-17-21-39-53-57(51,42-37-49(33-24-29-45)34-25-30-46)54-40-22-19-15-13-14-16-20-28-44(6-3)56-58(52,55-41-23-18-12-10-8-5-2)43-38-50(35-26-31-47)36-27-32-48;;;;/h44H,4-43,45-48H2,1-3H3;4*1H. The fourth-order valence-corrected chi connectivity index (χ4v) is 10.7. The lowest BCUT2D eigenvalue weighted by molar-refractivity contribution is 0.130. The molecular weight excluding hydrogens is 912 g/mol. The lowest BCUT2D eigenvalue weighted by atomic mass is 10.1. The SMILES string of the molecule is CCCCCCCCOP(=O)(CCN(CCCN)CCCN)OCCCCCCCCCC(CC)OP(=O)(CCN(CCCN)CCCN)OCCCCCCCC.Cl.Cl.Cl.Cl. The summed E-state index contributed by atoms with van der Waals surface area (Å²) < 4.78 is 52.7. The van der Waals surface area contributed by atoms with Crippen molar-refractivity contribution in [1.82, 2.24) is 9.80 Å². The van der Waals surface area contributed by atoms with E-state index in [9.17, 15) is 9.13 Å². The number of hydrogen-bond acceptors (Lipinski definition) is 12. The zero-order chi connectivity index (χ0) is 42.8. The normalized spacial score (nSPS) is 13.8. The highest BCUT2D eigenvalue weighted by molar-refractivity contribution is 7.54. The molecule has 0 saturated heterocycles. The van der Waals surface area contributed by atoms with Crippen molar-refractivity contribution in [3.05, 3.63) is 0 Å². The quantitative estimate of drug-likeness (QED) is 0.0335. The van der Waals surface area contributed by atoms with Gasteiger partial charge in [0.2, 0.25) is 0 Å². The van der Waals surface area contributed by atoms with E-state index in [4.69, 9.17) is 41.0 Å². The van der Waals surface area contributed by atoms with Crippen LogP contribution in [0.2, 0.25) is 0 Å². The Morgan fingerprint density at radius 1 is 0.403 bits per heavy atom. The van der Waals surface area contributed by atoms with Gasteiger partial charge in [0.15, 0.2) is 0 Å². The second-order valence-electron chi connectivity index (χ2n) is 16.4. The van der Waals surface area contributed by atoms with E-state index in [2.05, 4.69) is 30.6 Å². The van der Waals surface area contributed by atoms with Gasteiger partial charge in [0, 0.05) is 13.1 Å². The lowest BCUT2D eigenvalue weighted by Gasteiger charge is -2.27. The van der Waals surface area contributed by atoms with Gasteiger partial charge in [-0.3, -0.25) is 9.13 Å². The Morgan fingerprint density at radius 3 is 1.05 bits per heavy atom. The second kappa shape index (κ2) is 53.2. The molecule has 0 aliphatic carbocycles. The van der Waals surface area contributed by atoms with E-state index < -0.39 is 15.2 Å². The minimum atomic E-state index is -3.25. The molecule has 382 valence electrons. The van der Waals surface area contributed by atoms with Crippen LogP contribution >= 0.6 is 64.8 Å². The molecule has 0 spiro atoms. The molecular formula is C44H102Cl4N6O6P2. The first-order valence-corrected chi connectivity index (χ1v) is 27.8. The van der Waals surface area contributed by atoms with Gasteiger partial charge in [-0.05, 0) is 110 Å². The molecule has 0 aromatic heterocycles. The smallest absolute Gasteiger partial charge is 0.330 e. The summed E-state index contributed by atoms with van der Waals surface area (Å²) in [6, 6.07) is 0. The van der Waals surface area contributed by atoms with Gasteiger partial charge in [-0.15, -0.1) is 49.6 Å². The van der Waals surface area contributed by atoms with Crippen molar-refractivity contribution in [1.29, 1.82) is 0 Å². The summed E-state index contributed by atoms with van der Waals surface area (Å²) in [7, 11) is -6.44. The second-order valence-corrected chi connectivity index (χ2v) is 20.7. The number of halogens is 4. The van der Waals surface area contributed by atoms with Crippen molar-refractivity contribution in [2.24, 2.45) is 22.9 Å². The zero-order valence-corrected chi connectivity index (χ0v) is 45.1. The first kappa shape index (κ1) is 72.2. The van der Waals surface area contributed by atoms with E-state index >= 15 is 0 Å². The van der Waals surface area contributed by atoms with Crippen molar-refractivity contribution in [3.8, 4) is 0 Å². The minimum absolute atomic E-state index is 0. The van der Waals surface area contributed by atoms with E-state index in [0.29, 0.717) is 71.4 Å². The highest BCUT2D eigenvalue weighted by atomic mass is 35.5. The summed E-state index contributed by atoms with van der Waals surface area (Å²) in [5, 5.41) is 0. The highest BCUT2D eigenvalue weighted by Gasteiger charge is 2.29. The molecule has 62 heavy (non-hydrogen) atoms. The molecule has 0 radical (unpaired) electrons. The number of nitrogens with two attached hydrogens (primary N) is 4. The Labute approximate surface area is 407 Å². The average Bonchev–Trinajstić information content (AvgIpc) is 3.22. The maximum atomic E-state index is 14.2. The van der Waals surface area contributed by atoms with Crippen LogP contribution in [-0.4, -0.2) is 113 Å². The zero-order valence-electron chi connectivity index (χ0n) is 40.0. The Balaban J connectivity index is -0.00000271. The molecule has 3 atom stereocenters. The molecule has 0 aliphatic heterocycles. The van der Waals surface area contributed by atoms with Crippen LogP contribution in [0.25, 0.3) is 0 Å². The first-order chi connectivity index (χ1) is 28.2. The molecule has 18 heteroatoms. The number of rotatable bonds is 48. The molecule has 0 aromatic carbocycles. The summed E-state index contributed by atoms with van der Waals surface area (Å²) in [6.45, 7) is 15.4. The Hall–Kier alpha value is 1.22. The van der Waals surface area contributed by atoms with Crippen molar-refractivity contribution < 1.29 is 27.2 Å². The molecule has 12 nitrogen and oxygen atoms in total. The van der Waals surface area contributed by atoms with E-state index in [1.54, 1.807) is 0 Å². The van der Waals surface area contributed by atoms with Crippen LogP contribution in [0.4, 0.5) is 0 Å². The van der Waals surface area contributed by atoms with Gasteiger partial charge in [0.25, 0.3) is 0 Å². The monoisotopic (exact) mass is 1010 g/mol. The molecule has 0 heterocycles. The predicted molar refractivity (Wildman–Crippen MR) is 278 cm³/mol. The van der Waals surface area contributed by atoms with Crippen LogP contribution in [0.15, 0.2) is 0 Å². The molecule has 0 saturated carbocycles. The summed E-state index contributed by atoms with van der Waals surface area (Å²) in [4.78, 5) is 4.61. The first-order valence-electron chi connectivity index (χ1n) is 24.3. The summed E-state index contributed by atoms with van der Waals surface area (Å²) in [5.41, 5.74) is 23.2. The molecule has 8 N–H and O–H groups in total. The van der Waals surface area contributed by atoms with Crippen LogP contribution in [0.5, 0.6) is 0 Å². The Bertz CT molecular complexity index is 964. The van der Waals surface area contributed by atoms with Gasteiger partial charge < -0.3 is 50.8 Å². The van der Waals surface area contributed by atoms with Gasteiger partial charge >= 0.3 is 15.2 Å². The largest absolute Gasteiger partial charge is 0.332 e.